The van der Waals surface area contributed by atoms with Gasteiger partial charge in [0.15, 0.2) is 11.4 Å². The molecule has 1 aromatic rings. The standard InChI is InChI=1S/C13H16N4/c1-2-10-5-3-4-6-12(10)17-9-16-11(7-14)13(17)8-15/h9-10,12H,2-6H2,1H3. The molecule has 2 rings (SSSR count). The zero-order valence-electron chi connectivity index (χ0n) is 10.1. The van der Waals surface area contributed by atoms with Crippen LogP contribution in [0.1, 0.15) is 56.5 Å². The van der Waals surface area contributed by atoms with Gasteiger partial charge in [0.05, 0.1) is 6.33 Å². The Morgan fingerprint density at radius 3 is 2.76 bits per heavy atom. The van der Waals surface area contributed by atoms with Crippen LogP contribution in [-0.4, -0.2) is 9.55 Å². The summed E-state index contributed by atoms with van der Waals surface area (Å²) in [6.45, 7) is 2.19. The third-order valence-corrected chi connectivity index (χ3v) is 3.76. The van der Waals surface area contributed by atoms with E-state index in [0.29, 0.717) is 17.7 Å². The lowest BCUT2D eigenvalue weighted by atomic mass is 9.82. The molecule has 17 heavy (non-hydrogen) atoms. The molecule has 0 spiro atoms. The molecular formula is C13H16N4. The van der Waals surface area contributed by atoms with Crippen molar-refractivity contribution < 1.29 is 0 Å². The Morgan fingerprint density at radius 1 is 1.35 bits per heavy atom. The van der Waals surface area contributed by atoms with Crippen molar-refractivity contribution in [3.8, 4) is 12.1 Å². The lowest BCUT2D eigenvalue weighted by molar-refractivity contribution is 0.231. The summed E-state index contributed by atoms with van der Waals surface area (Å²) in [5.74, 6) is 0.608. The highest BCUT2D eigenvalue weighted by atomic mass is 15.1. The Balaban J connectivity index is 2.36. The number of rotatable bonds is 2. The van der Waals surface area contributed by atoms with Crippen LogP contribution in [-0.2, 0) is 0 Å². The zero-order chi connectivity index (χ0) is 12.3. The first-order chi connectivity index (χ1) is 8.31. The molecule has 1 aromatic heterocycles. The minimum absolute atomic E-state index is 0.257. The van der Waals surface area contributed by atoms with Crippen molar-refractivity contribution in [2.45, 2.75) is 45.1 Å². The molecule has 0 bridgehead atoms. The molecular weight excluding hydrogens is 212 g/mol. The molecule has 0 N–H and O–H groups in total. The Bertz CT molecular complexity index is 475. The SMILES string of the molecule is CCC1CCCCC1n1cnc(C#N)c1C#N. The van der Waals surface area contributed by atoms with Gasteiger partial charge in [-0.1, -0.05) is 26.2 Å². The molecule has 0 radical (unpaired) electrons. The summed E-state index contributed by atoms with van der Waals surface area (Å²) in [6, 6.07) is 4.44. The Hall–Kier alpha value is -1.81. The first-order valence-electron chi connectivity index (χ1n) is 6.18. The Labute approximate surface area is 101 Å². The normalized spacial score (nSPS) is 23.9. The topological polar surface area (TPSA) is 65.4 Å². The van der Waals surface area contributed by atoms with Gasteiger partial charge < -0.3 is 4.57 Å². The maximum absolute atomic E-state index is 9.15. The second kappa shape index (κ2) is 5.01. The van der Waals surface area contributed by atoms with Crippen LogP contribution in [0.15, 0.2) is 6.33 Å². The molecule has 4 nitrogen and oxygen atoms in total. The molecule has 0 aliphatic heterocycles. The average Bonchev–Trinajstić information content (AvgIpc) is 2.81. The number of hydrogen-bond donors (Lipinski definition) is 0. The highest BCUT2D eigenvalue weighted by Crippen LogP contribution is 2.36. The molecule has 0 aromatic carbocycles. The lowest BCUT2D eigenvalue weighted by Crippen LogP contribution is -2.23. The molecule has 88 valence electrons. The van der Waals surface area contributed by atoms with Gasteiger partial charge in [0.1, 0.15) is 12.1 Å². The van der Waals surface area contributed by atoms with Crippen LogP contribution in [0.4, 0.5) is 0 Å². The largest absolute Gasteiger partial charge is 0.318 e. The van der Waals surface area contributed by atoms with E-state index in [4.69, 9.17) is 10.5 Å². The first kappa shape index (κ1) is 11.7. The van der Waals surface area contributed by atoms with Crippen LogP contribution in [0.3, 0.4) is 0 Å². The number of imidazole rings is 1. The van der Waals surface area contributed by atoms with Crippen LogP contribution < -0.4 is 0 Å². The van der Waals surface area contributed by atoms with Gasteiger partial charge in [-0.25, -0.2) is 4.98 Å². The summed E-state index contributed by atoms with van der Waals surface area (Å²) >= 11 is 0. The summed E-state index contributed by atoms with van der Waals surface area (Å²) in [5, 5.41) is 18.1. The van der Waals surface area contributed by atoms with Crippen molar-refractivity contribution in [1.29, 1.82) is 10.5 Å². The van der Waals surface area contributed by atoms with Crippen LogP contribution in [0.2, 0.25) is 0 Å². The maximum Gasteiger partial charge on any atom is 0.176 e. The summed E-state index contributed by atoms with van der Waals surface area (Å²) in [4.78, 5) is 4.03. The molecule has 1 aliphatic carbocycles. The van der Waals surface area contributed by atoms with E-state index in [1.54, 1.807) is 6.33 Å². The summed E-state index contributed by atoms with van der Waals surface area (Å²) in [7, 11) is 0. The molecule has 1 fully saturated rings. The minimum atomic E-state index is 0.257. The molecule has 2 unspecified atom stereocenters. The average molecular weight is 228 g/mol. The van der Waals surface area contributed by atoms with E-state index in [-0.39, 0.29) is 5.69 Å². The molecule has 4 heteroatoms. The Morgan fingerprint density at radius 2 is 2.12 bits per heavy atom. The van der Waals surface area contributed by atoms with Crippen LogP contribution in [0.5, 0.6) is 0 Å². The van der Waals surface area contributed by atoms with Crippen LogP contribution in [0.25, 0.3) is 0 Å². The van der Waals surface area contributed by atoms with E-state index < -0.39 is 0 Å². The van der Waals surface area contributed by atoms with Crippen molar-refractivity contribution in [1.82, 2.24) is 9.55 Å². The van der Waals surface area contributed by atoms with E-state index in [2.05, 4.69) is 18.0 Å². The first-order valence-corrected chi connectivity index (χ1v) is 6.18. The van der Waals surface area contributed by atoms with Crippen LogP contribution >= 0.6 is 0 Å². The van der Waals surface area contributed by atoms with Crippen molar-refractivity contribution in [3.05, 3.63) is 17.7 Å². The van der Waals surface area contributed by atoms with Gasteiger partial charge >= 0.3 is 0 Å². The van der Waals surface area contributed by atoms with Crippen molar-refractivity contribution in [2.24, 2.45) is 5.92 Å². The smallest absolute Gasteiger partial charge is 0.176 e. The molecule has 1 heterocycles. The van der Waals surface area contributed by atoms with Gasteiger partial charge in [0.25, 0.3) is 0 Å². The van der Waals surface area contributed by atoms with E-state index in [9.17, 15) is 0 Å². The Kier molecular flexibility index (Phi) is 3.44. The van der Waals surface area contributed by atoms with E-state index in [1.807, 2.05) is 10.6 Å². The maximum atomic E-state index is 9.15. The second-order valence-corrected chi connectivity index (χ2v) is 4.59. The lowest BCUT2D eigenvalue weighted by Gasteiger charge is -2.32. The van der Waals surface area contributed by atoms with Gasteiger partial charge in [0.2, 0.25) is 0 Å². The fourth-order valence-corrected chi connectivity index (χ4v) is 2.84. The predicted octanol–water partition coefficient (Wildman–Crippen LogP) is 2.77. The third kappa shape index (κ3) is 2.03. The monoisotopic (exact) mass is 228 g/mol. The summed E-state index contributed by atoms with van der Waals surface area (Å²) < 4.78 is 1.92. The van der Waals surface area contributed by atoms with Crippen molar-refractivity contribution in [3.63, 3.8) is 0 Å². The molecule has 2 atom stereocenters. The third-order valence-electron chi connectivity index (χ3n) is 3.76. The van der Waals surface area contributed by atoms with Gasteiger partial charge in [-0.05, 0) is 18.8 Å². The van der Waals surface area contributed by atoms with E-state index in [0.717, 1.165) is 12.8 Å². The van der Waals surface area contributed by atoms with Gasteiger partial charge in [-0.15, -0.1) is 0 Å². The number of nitrogens with zero attached hydrogens (tertiary/aromatic N) is 4. The second-order valence-electron chi connectivity index (χ2n) is 4.59. The summed E-state index contributed by atoms with van der Waals surface area (Å²) in [6.07, 6.45) is 7.56. The van der Waals surface area contributed by atoms with E-state index in [1.165, 1.54) is 19.3 Å². The molecule has 1 saturated carbocycles. The molecule has 1 aliphatic rings. The zero-order valence-corrected chi connectivity index (χ0v) is 10.1. The van der Waals surface area contributed by atoms with Crippen molar-refractivity contribution >= 4 is 0 Å². The fraction of sp³-hybridized carbons (Fsp3) is 0.615. The summed E-state index contributed by atoms with van der Waals surface area (Å²) in [5.41, 5.74) is 0.686. The highest BCUT2D eigenvalue weighted by Gasteiger charge is 2.27. The van der Waals surface area contributed by atoms with Crippen LogP contribution in [0, 0.1) is 28.6 Å². The quantitative estimate of drug-likeness (QED) is 0.781. The highest BCUT2D eigenvalue weighted by molar-refractivity contribution is 5.36. The van der Waals surface area contributed by atoms with Crippen molar-refractivity contribution in [2.75, 3.05) is 0 Å². The number of aromatic nitrogens is 2. The fourth-order valence-electron chi connectivity index (χ4n) is 2.84. The van der Waals surface area contributed by atoms with Gasteiger partial charge in [-0.3, -0.25) is 0 Å². The predicted molar refractivity (Wildman–Crippen MR) is 62.9 cm³/mol. The number of hydrogen-bond acceptors (Lipinski definition) is 3. The van der Waals surface area contributed by atoms with Gasteiger partial charge in [-0.2, -0.15) is 10.5 Å². The molecule has 0 amide bonds. The van der Waals surface area contributed by atoms with Gasteiger partial charge in [0, 0.05) is 6.04 Å². The molecule has 0 saturated heterocycles. The van der Waals surface area contributed by atoms with E-state index >= 15 is 0 Å². The number of nitriles is 2. The minimum Gasteiger partial charge on any atom is -0.318 e.